The second-order valence-electron chi connectivity index (χ2n) is 13.1. The Hall–Kier alpha value is -6.66. The van der Waals surface area contributed by atoms with Crippen LogP contribution in [-0.2, 0) is 0 Å². The van der Waals surface area contributed by atoms with Crippen molar-refractivity contribution in [3.63, 3.8) is 0 Å². The van der Waals surface area contributed by atoms with Gasteiger partial charge in [0, 0.05) is 42.9 Å². The molecule has 0 spiro atoms. The number of fused-ring (bicyclic) bond motifs is 1. The van der Waals surface area contributed by atoms with Crippen LogP contribution in [0.3, 0.4) is 0 Å². The monoisotopic (exact) mass is 736 g/mol. The van der Waals surface area contributed by atoms with E-state index in [-0.39, 0.29) is 0 Å². The van der Waals surface area contributed by atoms with Gasteiger partial charge in [-0.25, -0.2) is 10.0 Å². The third-order valence-corrected chi connectivity index (χ3v) is 9.69. The minimum Gasteiger partial charge on any atom is -0.372 e. The molecule has 0 aliphatic carbocycles. The molecule has 6 nitrogen and oxygen atoms in total. The molecule has 0 heterocycles. The predicted molar refractivity (Wildman–Crippen MR) is 243 cm³/mol. The van der Waals surface area contributed by atoms with Gasteiger partial charge in [0.05, 0.1) is 35.2 Å². The fourth-order valence-corrected chi connectivity index (χ4v) is 6.62. The lowest BCUT2D eigenvalue weighted by molar-refractivity contribution is 0.866. The van der Waals surface area contributed by atoms with Gasteiger partial charge in [0.2, 0.25) is 0 Å². The molecule has 282 valence electrons. The number of hydrogen-bond acceptors (Lipinski definition) is 6. The molecule has 0 saturated heterocycles. The standard InChI is InChI=1S/C27H27N3.C23H25N3/c1-3-29(4-2)24-19-17-22(18-20-24)21-28-30(25-13-6-5-7-14-25)27-16-10-12-23-11-8-9-15-26(23)27;1-3-25(4-2)21-17-15-20(16-18-21)19-24-26(22-11-7-5-8-12-22)23-13-9-6-10-14-23/h5-21H,3-4H2,1-2H3;5-19H,3-4H2,1-2H3/b28-21+;24-19+. The summed E-state index contributed by atoms with van der Waals surface area (Å²) in [5.74, 6) is 0. The first-order valence-electron chi connectivity index (χ1n) is 19.6. The summed E-state index contributed by atoms with van der Waals surface area (Å²) in [7, 11) is 0. The van der Waals surface area contributed by atoms with Gasteiger partial charge in [0.25, 0.3) is 0 Å². The maximum absolute atomic E-state index is 4.89. The van der Waals surface area contributed by atoms with Crippen LogP contribution in [0.2, 0.25) is 0 Å². The van der Waals surface area contributed by atoms with Crippen LogP contribution < -0.4 is 19.8 Å². The molecule has 0 fully saturated rings. The van der Waals surface area contributed by atoms with Crippen LogP contribution in [0, 0.1) is 0 Å². The van der Waals surface area contributed by atoms with Crippen molar-refractivity contribution in [3.8, 4) is 0 Å². The Kier molecular flexibility index (Phi) is 14.0. The molecule has 0 aromatic heterocycles. The minimum absolute atomic E-state index is 1.01. The van der Waals surface area contributed by atoms with Crippen molar-refractivity contribution in [1.82, 2.24) is 0 Å². The number of hydrogen-bond donors (Lipinski definition) is 0. The number of para-hydroxylation sites is 3. The van der Waals surface area contributed by atoms with E-state index < -0.39 is 0 Å². The van der Waals surface area contributed by atoms with Gasteiger partial charge in [-0.05, 0) is 111 Å². The van der Waals surface area contributed by atoms with Crippen LogP contribution in [0.25, 0.3) is 10.8 Å². The first-order chi connectivity index (χ1) is 27.6. The molecule has 6 heteroatoms. The van der Waals surface area contributed by atoms with Gasteiger partial charge in [0.1, 0.15) is 0 Å². The first kappa shape index (κ1) is 39.0. The van der Waals surface area contributed by atoms with E-state index in [0.29, 0.717) is 0 Å². The van der Waals surface area contributed by atoms with Gasteiger partial charge in [-0.1, -0.05) is 115 Å². The van der Waals surface area contributed by atoms with Crippen molar-refractivity contribution < 1.29 is 0 Å². The third kappa shape index (κ3) is 10.1. The largest absolute Gasteiger partial charge is 0.372 e. The van der Waals surface area contributed by atoms with Crippen molar-refractivity contribution in [1.29, 1.82) is 0 Å². The average molecular weight is 737 g/mol. The third-order valence-electron chi connectivity index (χ3n) is 9.69. The van der Waals surface area contributed by atoms with E-state index in [4.69, 9.17) is 10.2 Å². The normalized spacial score (nSPS) is 11.0. The van der Waals surface area contributed by atoms with Gasteiger partial charge in [0.15, 0.2) is 0 Å². The summed E-state index contributed by atoms with van der Waals surface area (Å²) < 4.78 is 0. The van der Waals surface area contributed by atoms with E-state index >= 15 is 0 Å². The zero-order chi connectivity index (χ0) is 39.0. The maximum atomic E-state index is 4.89. The maximum Gasteiger partial charge on any atom is 0.0730 e. The number of benzene rings is 7. The molecular formula is C50H52N6. The van der Waals surface area contributed by atoms with E-state index in [1.807, 2.05) is 77.0 Å². The lowest BCUT2D eigenvalue weighted by atomic mass is 10.1. The molecule has 0 bridgehead atoms. The minimum atomic E-state index is 1.01. The lowest BCUT2D eigenvalue weighted by Crippen LogP contribution is -2.21. The molecule has 0 atom stereocenters. The summed E-state index contributed by atoms with van der Waals surface area (Å²) in [6.45, 7) is 12.8. The number of anilines is 6. The molecule has 0 saturated carbocycles. The molecular weight excluding hydrogens is 685 g/mol. The van der Waals surface area contributed by atoms with E-state index in [2.05, 4.69) is 165 Å². The van der Waals surface area contributed by atoms with Crippen molar-refractivity contribution in [2.75, 3.05) is 46.0 Å². The zero-order valence-electron chi connectivity index (χ0n) is 33.0. The Morgan fingerprint density at radius 3 is 1.18 bits per heavy atom. The Morgan fingerprint density at radius 1 is 0.357 bits per heavy atom. The Balaban J connectivity index is 0.000000192. The molecule has 0 N–H and O–H groups in total. The van der Waals surface area contributed by atoms with Crippen molar-refractivity contribution in [3.05, 3.63) is 193 Å². The molecule has 7 aromatic rings. The quantitative estimate of drug-likeness (QED) is 0.0823. The molecule has 56 heavy (non-hydrogen) atoms. The Bertz CT molecular complexity index is 2200. The highest BCUT2D eigenvalue weighted by atomic mass is 15.5. The summed E-state index contributed by atoms with van der Waals surface area (Å²) >= 11 is 0. The van der Waals surface area contributed by atoms with Crippen LogP contribution in [0.15, 0.2) is 192 Å². The van der Waals surface area contributed by atoms with Gasteiger partial charge < -0.3 is 9.80 Å². The molecule has 0 aliphatic heterocycles. The van der Waals surface area contributed by atoms with Gasteiger partial charge in [-0.2, -0.15) is 10.2 Å². The summed E-state index contributed by atoms with van der Waals surface area (Å²) in [4.78, 5) is 4.68. The van der Waals surface area contributed by atoms with E-state index in [1.165, 1.54) is 22.1 Å². The summed E-state index contributed by atoms with van der Waals surface area (Å²) in [6.07, 6.45) is 3.84. The fraction of sp³-hybridized carbons (Fsp3) is 0.160. The molecule has 0 unspecified atom stereocenters. The van der Waals surface area contributed by atoms with Gasteiger partial charge in [-0.15, -0.1) is 0 Å². The second kappa shape index (κ2) is 20.1. The van der Waals surface area contributed by atoms with E-state index in [9.17, 15) is 0 Å². The van der Waals surface area contributed by atoms with Crippen LogP contribution in [0.1, 0.15) is 38.8 Å². The first-order valence-corrected chi connectivity index (χ1v) is 19.6. The summed E-state index contributed by atoms with van der Waals surface area (Å²) in [5, 5.41) is 16.0. The smallest absolute Gasteiger partial charge is 0.0730 e. The lowest BCUT2D eigenvalue weighted by Gasteiger charge is -2.22. The highest BCUT2D eigenvalue weighted by Gasteiger charge is 2.12. The van der Waals surface area contributed by atoms with E-state index in [1.54, 1.807) is 0 Å². The molecule has 0 radical (unpaired) electrons. The number of hydrazone groups is 2. The molecule has 7 rings (SSSR count). The van der Waals surface area contributed by atoms with Crippen LogP contribution >= 0.6 is 0 Å². The van der Waals surface area contributed by atoms with Crippen molar-refractivity contribution >= 4 is 57.3 Å². The topological polar surface area (TPSA) is 37.7 Å². The van der Waals surface area contributed by atoms with Gasteiger partial charge in [-0.3, -0.25) is 0 Å². The van der Waals surface area contributed by atoms with Gasteiger partial charge >= 0.3 is 0 Å². The predicted octanol–water partition coefficient (Wildman–Crippen LogP) is 12.6. The molecule has 7 aromatic carbocycles. The van der Waals surface area contributed by atoms with Crippen LogP contribution in [-0.4, -0.2) is 38.6 Å². The van der Waals surface area contributed by atoms with E-state index in [0.717, 1.165) is 60.1 Å². The van der Waals surface area contributed by atoms with Crippen molar-refractivity contribution in [2.45, 2.75) is 27.7 Å². The Labute approximate surface area is 333 Å². The van der Waals surface area contributed by atoms with Crippen LogP contribution in [0.4, 0.5) is 34.1 Å². The SMILES string of the molecule is CCN(CC)c1ccc(/C=N/N(c2ccccc2)c2cccc3ccccc23)cc1.CCN(CC)c1ccc(/C=N/N(c2ccccc2)c2ccccc2)cc1. The molecule has 0 amide bonds. The highest BCUT2D eigenvalue weighted by Crippen LogP contribution is 2.33. The zero-order valence-corrected chi connectivity index (χ0v) is 33.0. The van der Waals surface area contributed by atoms with Crippen LogP contribution in [0.5, 0.6) is 0 Å². The van der Waals surface area contributed by atoms with Crippen molar-refractivity contribution in [2.24, 2.45) is 10.2 Å². The highest BCUT2D eigenvalue weighted by molar-refractivity contribution is 5.96. The molecule has 0 aliphatic rings. The average Bonchev–Trinajstić information content (AvgIpc) is 3.27. The Morgan fingerprint density at radius 2 is 0.732 bits per heavy atom. The summed E-state index contributed by atoms with van der Waals surface area (Å²) in [5.41, 5.74) is 8.82. The second-order valence-corrected chi connectivity index (χ2v) is 13.1. The number of rotatable bonds is 14. The fourth-order valence-electron chi connectivity index (χ4n) is 6.62. The summed E-state index contributed by atoms with van der Waals surface area (Å²) in [6, 6.07) is 62.6. The number of nitrogens with zero attached hydrogens (tertiary/aromatic N) is 6.